The number of halogens is 2. The lowest BCUT2D eigenvalue weighted by atomic mass is 9.52. The van der Waals surface area contributed by atoms with Gasteiger partial charge >= 0.3 is 6.04 Å². The van der Waals surface area contributed by atoms with E-state index in [0.717, 1.165) is 11.1 Å². The number of carbonyl (C=O) groups is 2. The number of alkyl halides is 1. The number of carbonyl (C=O) groups excluding carboxylic acids is 2. The molecule has 0 heterocycles. The van der Waals surface area contributed by atoms with Crippen LogP contribution in [-0.2, 0) is 9.59 Å². The van der Waals surface area contributed by atoms with E-state index < -0.39 is 23.0 Å². The third-order valence-corrected chi connectivity index (χ3v) is 7.05. The highest BCUT2D eigenvalue weighted by atomic mass is 19.1. The number of ketones is 1. The average molecular weight is 344 g/mol. The van der Waals surface area contributed by atoms with Crippen LogP contribution < -0.4 is 0 Å². The highest BCUT2D eigenvalue weighted by molar-refractivity contribution is 6.01. The van der Waals surface area contributed by atoms with E-state index in [1.807, 2.05) is 26.8 Å². The second kappa shape index (κ2) is 5.09. The molecule has 0 aromatic heterocycles. The van der Waals surface area contributed by atoms with E-state index >= 15 is 4.39 Å². The van der Waals surface area contributed by atoms with E-state index in [1.165, 1.54) is 12.2 Å². The molecule has 0 amide bonds. The van der Waals surface area contributed by atoms with Crippen molar-refractivity contribution in [1.29, 1.82) is 0 Å². The Bertz CT molecular complexity index is 816. The fourth-order valence-electron chi connectivity index (χ4n) is 5.87. The molecule has 0 aromatic carbocycles. The summed E-state index contributed by atoms with van der Waals surface area (Å²) >= 11 is 0. The summed E-state index contributed by atoms with van der Waals surface area (Å²) in [5.41, 5.74) is 1.61. The maximum atomic E-state index is 15.0. The Balaban J connectivity index is 1.82. The van der Waals surface area contributed by atoms with E-state index in [1.54, 1.807) is 0 Å². The van der Waals surface area contributed by atoms with Crippen LogP contribution in [0.4, 0.5) is 8.78 Å². The quantitative estimate of drug-likeness (QED) is 0.515. The van der Waals surface area contributed by atoms with Gasteiger partial charge < -0.3 is 0 Å². The first-order valence-corrected chi connectivity index (χ1v) is 8.88. The lowest BCUT2D eigenvalue weighted by molar-refractivity contribution is -0.126. The molecule has 25 heavy (non-hydrogen) atoms. The number of rotatable bonds is 1. The Hall–Kier alpha value is -1.84. The Morgan fingerprint density at radius 1 is 1.28 bits per heavy atom. The lowest BCUT2D eigenvalue weighted by Crippen LogP contribution is -2.46. The van der Waals surface area contributed by atoms with Gasteiger partial charge in [-0.05, 0) is 62.7 Å². The summed E-state index contributed by atoms with van der Waals surface area (Å²) in [5, 5.41) is 0. The summed E-state index contributed by atoms with van der Waals surface area (Å²) in [6.07, 6.45) is 7.16. The van der Waals surface area contributed by atoms with Crippen LogP contribution in [0.1, 0.15) is 40.0 Å². The number of allylic oxidation sites excluding steroid dienone is 8. The predicted octanol–water partition coefficient (Wildman–Crippen LogP) is 4.58. The van der Waals surface area contributed by atoms with Crippen LogP contribution in [0.3, 0.4) is 0 Å². The summed E-state index contributed by atoms with van der Waals surface area (Å²) in [7, 11) is 0. The van der Waals surface area contributed by atoms with Crippen LogP contribution >= 0.6 is 0 Å². The minimum absolute atomic E-state index is 0.0323. The minimum atomic E-state index is -1.35. The topological polar surface area (TPSA) is 34.1 Å². The van der Waals surface area contributed by atoms with Gasteiger partial charge in [0.25, 0.3) is 0 Å². The van der Waals surface area contributed by atoms with Gasteiger partial charge in [-0.2, -0.15) is 4.39 Å². The molecule has 1 fully saturated rings. The van der Waals surface area contributed by atoms with Crippen LogP contribution in [0.5, 0.6) is 0 Å². The van der Waals surface area contributed by atoms with E-state index in [4.69, 9.17) is 0 Å². The molecule has 1 saturated carbocycles. The fourth-order valence-corrected chi connectivity index (χ4v) is 5.87. The van der Waals surface area contributed by atoms with Gasteiger partial charge in [-0.1, -0.05) is 30.2 Å². The molecular formula is C21H22F2O2. The molecule has 2 nitrogen and oxygen atoms in total. The van der Waals surface area contributed by atoms with E-state index in [9.17, 15) is 14.0 Å². The van der Waals surface area contributed by atoms with Crippen molar-refractivity contribution in [1.82, 2.24) is 0 Å². The smallest absolute Gasteiger partial charge is 0.290 e. The van der Waals surface area contributed by atoms with Crippen molar-refractivity contribution in [3.63, 3.8) is 0 Å². The number of hydrogen-bond donors (Lipinski definition) is 0. The summed E-state index contributed by atoms with van der Waals surface area (Å²) in [6, 6.07) is -1.35. The van der Waals surface area contributed by atoms with Gasteiger partial charge in [0, 0.05) is 16.4 Å². The lowest BCUT2D eigenvalue weighted by Gasteiger charge is -2.52. The maximum absolute atomic E-state index is 15.0. The van der Waals surface area contributed by atoms with Crippen molar-refractivity contribution in [3.8, 4) is 0 Å². The first-order chi connectivity index (χ1) is 11.7. The average Bonchev–Trinajstić information content (AvgIpc) is 2.80. The first-order valence-electron chi connectivity index (χ1n) is 8.88. The number of fused-ring (bicyclic) bond motifs is 5. The molecular weight excluding hydrogens is 322 g/mol. The Kier molecular flexibility index (Phi) is 3.38. The summed E-state index contributed by atoms with van der Waals surface area (Å²) in [4.78, 5) is 23.3. The van der Waals surface area contributed by atoms with Crippen molar-refractivity contribution >= 4 is 11.8 Å². The molecule has 4 rings (SSSR count). The largest absolute Gasteiger partial charge is 0.328 e. The van der Waals surface area contributed by atoms with Crippen molar-refractivity contribution in [2.45, 2.75) is 46.2 Å². The molecule has 0 bridgehead atoms. The van der Waals surface area contributed by atoms with Gasteiger partial charge in [0.2, 0.25) is 0 Å². The third-order valence-electron chi connectivity index (χ3n) is 7.05. The third kappa shape index (κ3) is 2.06. The molecule has 0 saturated heterocycles. The molecule has 0 aromatic rings. The summed E-state index contributed by atoms with van der Waals surface area (Å²) < 4.78 is 28.7. The van der Waals surface area contributed by atoms with Crippen LogP contribution in [-0.4, -0.2) is 18.0 Å². The van der Waals surface area contributed by atoms with E-state index in [2.05, 4.69) is 6.08 Å². The molecule has 4 aliphatic carbocycles. The molecule has 4 aliphatic rings. The van der Waals surface area contributed by atoms with Crippen LogP contribution in [0.2, 0.25) is 0 Å². The highest BCUT2D eigenvalue weighted by Gasteiger charge is 2.57. The standard InChI is InChI=1S/C21H22F2O2/c1-11-8-15-13-10-17(22)16-9-12(24)4-6-20(16,2)14(13)5-7-21(15,3)18(11)19(23)25/h4-6,9,13,15,17H,7-8,10H2,1-3H3/t13-,15+,17+,20-,21+/m1/s1. The van der Waals surface area contributed by atoms with Crippen molar-refractivity contribution in [2.24, 2.45) is 22.7 Å². The second-order valence-corrected chi connectivity index (χ2v) is 8.37. The Morgan fingerprint density at radius 2 is 2.00 bits per heavy atom. The van der Waals surface area contributed by atoms with Crippen LogP contribution in [0.25, 0.3) is 0 Å². The molecule has 5 atom stereocenters. The normalized spacial score (nSPS) is 42.4. The molecule has 0 unspecified atom stereocenters. The predicted molar refractivity (Wildman–Crippen MR) is 91.1 cm³/mol. The van der Waals surface area contributed by atoms with Gasteiger partial charge in [0.1, 0.15) is 6.17 Å². The van der Waals surface area contributed by atoms with Crippen LogP contribution in [0.15, 0.2) is 46.6 Å². The molecule has 0 aliphatic heterocycles. The monoisotopic (exact) mass is 344 g/mol. The fraction of sp³-hybridized carbons (Fsp3) is 0.524. The van der Waals surface area contributed by atoms with E-state index in [-0.39, 0.29) is 17.6 Å². The maximum Gasteiger partial charge on any atom is 0.328 e. The molecule has 0 N–H and O–H groups in total. The van der Waals surface area contributed by atoms with Gasteiger partial charge in [-0.3, -0.25) is 9.59 Å². The zero-order valence-electron chi connectivity index (χ0n) is 14.7. The highest BCUT2D eigenvalue weighted by Crippen LogP contribution is 2.64. The molecule has 132 valence electrons. The minimum Gasteiger partial charge on any atom is -0.290 e. The molecule has 0 radical (unpaired) electrons. The summed E-state index contributed by atoms with van der Waals surface area (Å²) in [6.45, 7) is 5.72. The van der Waals surface area contributed by atoms with Gasteiger partial charge in [-0.25, -0.2) is 4.39 Å². The SMILES string of the molecule is CC1=C(C(=O)F)[C@@]2(C)CC=C3[C@@H](C[C@H](F)C4=CC(=O)C=C[C@]34C)[C@@H]2C1. The Morgan fingerprint density at radius 3 is 2.68 bits per heavy atom. The first kappa shape index (κ1) is 16.6. The van der Waals surface area contributed by atoms with Gasteiger partial charge in [-0.15, -0.1) is 0 Å². The molecule has 0 spiro atoms. The van der Waals surface area contributed by atoms with Crippen molar-refractivity contribution in [2.75, 3.05) is 0 Å². The van der Waals surface area contributed by atoms with Crippen LogP contribution in [0, 0.1) is 22.7 Å². The van der Waals surface area contributed by atoms with Crippen molar-refractivity contribution < 1.29 is 18.4 Å². The van der Waals surface area contributed by atoms with E-state index in [0.29, 0.717) is 30.4 Å². The van der Waals surface area contributed by atoms with Crippen molar-refractivity contribution in [3.05, 3.63) is 46.6 Å². The second-order valence-electron chi connectivity index (χ2n) is 8.37. The number of hydrogen-bond acceptors (Lipinski definition) is 2. The molecule has 4 heteroatoms. The van der Waals surface area contributed by atoms with Gasteiger partial charge in [0.15, 0.2) is 5.78 Å². The zero-order chi connectivity index (χ0) is 18.1. The Labute approximate surface area is 146 Å². The van der Waals surface area contributed by atoms with Gasteiger partial charge in [0.05, 0.1) is 0 Å². The summed E-state index contributed by atoms with van der Waals surface area (Å²) in [5.74, 6) is -0.177. The zero-order valence-corrected chi connectivity index (χ0v) is 14.7.